The fourth-order valence-corrected chi connectivity index (χ4v) is 2.05. The number of para-hydroxylation sites is 1. The van der Waals surface area contributed by atoms with E-state index in [4.69, 9.17) is 0 Å². The molecular formula is C18H18F2N2O. The van der Waals surface area contributed by atoms with Gasteiger partial charge < -0.3 is 10.2 Å². The molecule has 0 aliphatic carbocycles. The average Bonchev–Trinajstić information content (AvgIpc) is 2.55. The number of hydrogen-bond donors (Lipinski definition) is 1. The van der Waals surface area contributed by atoms with Gasteiger partial charge in [-0.25, -0.2) is 8.78 Å². The van der Waals surface area contributed by atoms with E-state index in [1.54, 1.807) is 0 Å². The molecule has 1 amide bonds. The quantitative estimate of drug-likeness (QED) is 0.830. The lowest BCUT2D eigenvalue weighted by Crippen LogP contribution is -2.32. The number of nitrogens with zero attached hydrogens (tertiary/aromatic N) is 1. The fourth-order valence-electron chi connectivity index (χ4n) is 2.05. The van der Waals surface area contributed by atoms with E-state index < -0.39 is 17.5 Å². The number of halogens is 2. The molecule has 2 aromatic rings. The zero-order valence-corrected chi connectivity index (χ0v) is 12.8. The lowest BCUT2D eigenvalue weighted by atomic mass is 10.2. The largest absolute Gasteiger partial charge is 0.373 e. The first-order chi connectivity index (χ1) is 11.1. The Morgan fingerprint density at radius 2 is 1.74 bits per heavy atom. The summed E-state index contributed by atoms with van der Waals surface area (Å²) in [5, 5.41) is 2.68. The van der Waals surface area contributed by atoms with Crippen molar-refractivity contribution >= 4 is 17.7 Å². The second kappa shape index (κ2) is 8.08. The minimum absolute atomic E-state index is 0.218. The number of likely N-dealkylation sites (N-methyl/N-ethyl adjacent to an activating group) is 1. The summed E-state index contributed by atoms with van der Waals surface area (Å²) in [5.41, 5.74) is 0.828. The maximum absolute atomic E-state index is 13.4. The van der Waals surface area contributed by atoms with Crippen molar-refractivity contribution in [3.8, 4) is 0 Å². The van der Waals surface area contributed by atoms with E-state index >= 15 is 0 Å². The number of amides is 1. The molecule has 3 nitrogen and oxygen atoms in total. The predicted octanol–water partition coefficient (Wildman–Crippen LogP) is 3.23. The van der Waals surface area contributed by atoms with Crippen molar-refractivity contribution in [3.05, 3.63) is 71.8 Å². The highest BCUT2D eigenvalue weighted by Gasteiger charge is 2.05. The molecule has 0 saturated heterocycles. The maximum atomic E-state index is 13.4. The first-order valence-corrected chi connectivity index (χ1v) is 7.24. The molecule has 0 unspecified atom stereocenters. The van der Waals surface area contributed by atoms with Gasteiger partial charge in [-0.05, 0) is 30.3 Å². The Labute approximate surface area is 134 Å². The van der Waals surface area contributed by atoms with Crippen molar-refractivity contribution in [1.82, 2.24) is 5.32 Å². The van der Waals surface area contributed by atoms with E-state index in [-0.39, 0.29) is 5.56 Å². The van der Waals surface area contributed by atoms with Crippen molar-refractivity contribution in [2.24, 2.45) is 0 Å². The number of hydrogen-bond acceptors (Lipinski definition) is 2. The molecule has 120 valence electrons. The molecule has 0 atom stereocenters. The lowest BCUT2D eigenvalue weighted by Gasteiger charge is -2.19. The van der Waals surface area contributed by atoms with Crippen molar-refractivity contribution < 1.29 is 13.6 Å². The molecular weight excluding hydrogens is 298 g/mol. The predicted molar refractivity (Wildman–Crippen MR) is 88.1 cm³/mol. The summed E-state index contributed by atoms with van der Waals surface area (Å²) >= 11 is 0. The number of anilines is 1. The molecule has 0 saturated carbocycles. The summed E-state index contributed by atoms with van der Waals surface area (Å²) in [6, 6.07) is 13.3. The van der Waals surface area contributed by atoms with E-state index in [0.29, 0.717) is 13.1 Å². The number of benzene rings is 2. The maximum Gasteiger partial charge on any atom is 0.244 e. The highest BCUT2D eigenvalue weighted by molar-refractivity contribution is 5.91. The van der Waals surface area contributed by atoms with Crippen LogP contribution >= 0.6 is 0 Å². The Morgan fingerprint density at radius 3 is 2.39 bits per heavy atom. The summed E-state index contributed by atoms with van der Waals surface area (Å²) in [6.45, 7) is 1.05. The number of rotatable bonds is 6. The molecule has 1 N–H and O–H groups in total. The minimum atomic E-state index is -0.696. The Bertz CT molecular complexity index is 666. The molecule has 2 aromatic carbocycles. The molecule has 0 aliphatic heterocycles. The second-order valence-electron chi connectivity index (χ2n) is 5.02. The van der Waals surface area contributed by atoms with E-state index in [1.165, 1.54) is 6.07 Å². The standard InChI is InChI=1S/C18H18F2N2O/c1-22(14-6-3-2-4-7-14)13-12-21-18(23)11-10-15-16(19)8-5-9-17(15)20/h2-11H,12-13H2,1H3,(H,21,23)/b11-10+. The van der Waals surface area contributed by atoms with Crippen LogP contribution in [0, 0.1) is 11.6 Å². The molecule has 2 rings (SSSR count). The van der Waals surface area contributed by atoms with Crippen LogP contribution in [-0.4, -0.2) is 26.0 Å². The molecule has 23 heavy (non-hydrogen) atoms. The molecule has 0 fully saturated rings. The number of carbonyl (C=O) groups is 1. The third-order valence-corrected chi connectivity index (χ3v) is 3.34. The van der Waals surface area contributed by atoms with Crippen LogP contribution in [0.15, 0.2) is 54.6 Å². The van der Waals surface area contributed by atoms with Gasteiger partial charge in [-0.2, -0.15) is 0 Å². The van der Waals surface area contributed by atoms with Gasteiger partial charge in [0, 0.05) is 37.5 Å². The Morgan fingerprint density at radius 1 is 1.09 bits per heavy atom. The monoisotopic (exact) mass is 316 g/mol. The molecule has 0 aromatic heterocycles. The van der Waals surface area contributed by atoms with Gasteiger partial charge in [0.2, 0.25) is 5.91 Å². The first-order valence-electron chi connectivity index (χ1n) is 7.24. The van der Waals surface area contributed by atoms with Crippen molar-refractivity contribution in [3.63, 3.8) is 0 Å². The van der Waals surface area contributed by atoms with Gasteiger partial charge >= 0.3 is 0 Å². The van der Waals surface area contributed by atoms with Crippen molar-refractivity contribution in [1.29, 1.82) is 0 Å². The van der Waals surface area contributed by atoms with Gasteiger partial charge in [0.05, 0.1) is 0 Å². The van der Waals surface area contributed by atoms with E-state index in [2.05, 4.69) is 5.32 Å². The molecule has 0 bridgehead atoms. The highest BCUT2D eigenvalue weighted by atomic mass is 19.1. The van der Waals surface area contributed by atoms with Crippen LogP contribution in [0.2, 0.25) is 0 Å². The van der Waals surface area contributed by atoms with Gasteiger partial charge in [-0.15, -0.1) is 0 Å². The molecule has 0 aliphatic rings. The second-order valence-corrected chi connectivity index (χ2v) is 5.02. The SMILES string of the molecule is CN(CCNC(=O)/C=C/c1c(F)cccc1F)c1ccccc1. The highest BCUT2D eigenvalue weighted by Crippen LogP contribution is 2.13. The Hall–Kier alpha value is -2.69. The number of carbonyl (C=O) groups excluding carboxylic acids is 1. The lowest BCUT2D eigenvalue weighted by molar-refractivity contribution is -0.116. The van der Waals surface area contributed by atoms with Crippen LogP contribution in [0.25, 0.3) is 6.08 Å². The molecule has 0 heterocycles. The summed E-state index contributed by atoms with van der Waals surface area (Å²) in [6.07, 6.45) is 2.27. The van der Waals surface area contributed by atoms with Crippen LogP contribution in [0.1, 0.15) is 5.56 Å². The third-order valence-electron chi connectivity index (χ3n) is 3.34. The van der Waals surface area contributed by atoms with Gasteiger partial charge in [0.1, 0.15) is 11.6 Å². The van der Waals surface area contributed by atoms with Crippen LogP contribution in [0.5, 0.6) is 0 Å². The fraction of sp³-hybridized carbons (Fsp3) is 0.167. The normalized spacial score (nSPS) is 10.7. The van der Waals surface area contributed by atoms with E-state index in [1.807, 2.05) is 42.3 Å². The summed E-state index contributed by atoms with van der Waals surface area (Å²) in [4.78, 5) is 13.7. The number of nitrogens with one attached hydrogen (secondary N) is 1. The van der Waals surface area contributed by atoms with Gasteiger partial charge in [0.15, 0.2) is 0 Å². The summed E-state index contributed by atoms with van der Waals surface area (Å²) in [7, 11) is 1.92. The zero-order chi connectivity index (χ0) is 16.7. The third kappa shape index (κ3) is 4.92. The molecule has 5 heteroatoms. The van der Waals surface area contributed by atoms with Crippen LogP contribution < -0.4 is 10.2 Å². The van der Waals surface area contributed by atoms with E-state index in [0.717, 1.165) is 30.0 Å². The average molecular weight is 316 g/mol. The van der Waals surface area contributed by atoms with Gasteiger partial charge in [-0.1, -0.05) is 24.3 Å². The Balaban J connectivity index is 1.82. The van der Waals surface area contributed by atoms with Crippen LogP contribution in [0.4, 0.5) is 14.5 Å². The van der Waals surface area contributed by atoms with Gasteiger partial charge in [-0.3, -0.25) is 4.79 Å². The van der Waals surface area contributed by atoms with Crippen molar-refractivity contribution in [2.45, 2.75) is 0 Å². The Kier molecular flexibility index (Phi) is 5.86. The van der Waals surface area contributed by atoms with E-state index in [9.17, 15) is 13.6 Å². The minimum Gasteiger partial charge on any atom is -0.373 e. The van der Waals surface area contributed by atoms with Crippen LogP contribution in [0.3, 0.4) is 0 Å². The van der Waals surface area contributed by atoms with Crippen molar-refractivity contribution in [2.75, 3.05) is 25.0 Å². The van der Waals surface area contributed by atoms with Gasteiger partial charge in [0.25, 0.3) is 0 Å². The smallest absolute Gasteiger partial charge is 0.244 e. The first kappa shape index (κ1) is 16.7. The summed E-state index contributed by atoms with van der Waals surface area (Å²) in [5.74, 6) is -1.79. The summed E-state index contributed by atoms with van der Waals surface area (Å²) < 4.78 is 26.8. The van der Waals surface area contributed by atoms with Crippen LogP contribution in [-0.2, 0) is 4.79 Å². The molecule has 0 spiro atoms. The topological polar surface area (TPSA) is 32.3 Å². The molecule has 0 radical (unpaired) electrons. The zero-order valence-electron chi connectivity index (χ0n) is 12.8.